The van der Waals surface area contributed by atoms with Crippen molar-refractivity contribution in [2.75, 3.05) is 13.6 Å². The quantitative estimate of drug-likeness (QED) is 0.388. The van der Waals surface area contributed by atoms with E-state index in [0.29, 0.717) is 5.78 Å². The van der Waals surface area contributed by atoms with Gasteiger partial charge in [0, 0.05) is 17.2 Å². The minimum Gasteiger partial charge on any atom is -0.333 e. The van der Waals surface area contributed by atoms with Gasteiger partial charge in [-0.15, -0.1) is 21.5 Å². The zero-order valence-corrected chi connectivity index (χ0v) is 20.3. The van der Waals surface area contributed by atoms with Crippen molar-refractivity contribution in [1.29, 1.82) is 0 Å². The smallest absolute Gasteiger partial charge is 0.268 e. The maximum Gasteiger partial charge on any atom is 0.268 e. The molecule has 5 aromatic rings. The van der Waals surface area contributed by atoms with Gasteiger partial charge in [0.2, 0.25) is 5.78 Å². The number of hydrogen-bond acceptors (Lipinski definition) is 5. The summed E-state index contributed by atoms with van der Waals surface area (Å²) < 4.78 is 3.78. The zero-order valence-electron chi connectivity index (χ0n) is 17.9. The van der Waals surface area contributed by atoms with E-state index in [0.717, 1.165) is 56.9 Å². The number of aromatic nitrogens is 4. The number of hydrogen-bond donors (Lipinski definition) is 1. The van der Waals surface area contributed by atoms with Crippen LogP contribution in [0.2, 0.25) is 5.02 Å². The number of nitrogens with zero attached hydrogens (tertiary/aromatic N) is 4. The highest BCUT2D eigenvalue weighted by molar-refractivity contribution is 7.98. The minimum atomic E-state index is -0.0117. The second-order valence-electron chi connectivity index (χ2n) is 8.33. The Morgan fingerprint density at radius 1 is 1.12 bits per heavy atom. The molecule has 6 rings (SSSR count). The Morgan fingerprint density at radius 3 is 2.70 bits per heavy atom. The van der Waals surface area contributed by atoms with Crippen LogP contribution in [0.3, 0.4) is 0 Å². The molecular formula is C24H21ClN5OS2+. The summed E-state index contributed by atoms with van der Waals surface area (Å²) in [5, 5.41) is 11.3. The van der Waals surface area contributed by atoms with Crippen LogP contribution in [-0.4, -0.2) is 32.8 Å². The number of benzene rings is 2. The van der Waals surface area contributed by atoms with Gasteiger partial charge in [0.15, 0.2) is 5.16 Å². The Hall–Kier alpha value is -2.65. The average molecular weight is 495 g/mol. The summed E-state index contributed by atoms with van der Waals surface area (Å²) in [6.45, 7) is 1.97. The van der Waals surface area contributed by atoms with Gasteiger partial charge in [0.25, 0.3) is 5.56 Å². The highest BCUT2D eigenvalue weighted by Crippen LogP contribution is 2.34. The van der Waals surface area contributed by atoms with E-state index in [1.54, 1.807) is 27.7 Å². The Morgan fingerprint density at radius 2 is 1.91 bits per heavy atom. The normalized spacial score (nSPS) is 15.9. The molecule has 2 aromatic carbocycles. The molecule has 1 aliphatic rings. The summed E-state index contributed by atoms with van der Waals surface area (Å²) >= 11 is 9.37. The van der Waals surface area contributed by atoms with Crippen molar-refractivity contribution in [3.8, 4) is 5.69 Å². The third-order valence-corrected chi connectivity index (χ3v) is 8.54. The lowest BCUT2D eigenvalue weighted by Gasteiger charge is -2.19. The predicted octanol–water partition coefficient (Wildman–Crippen LogP) is 3.61. The molecule has 3 aromatic heterocycles. The second-order valence-corrected chi connectivity index (χ2v) is 10.8. The van der Waals surface area contributed by atoms with Crippen molar-refractivity contribution < 1.29 is 4.90 Å². The summed E-state index contributed by atoms with van der Waals surface area (Å²) in [6.07, 6.45) is 0.909. The van der Waals surface area contributed by atoms with Crippen LogP contribution >= 0.6 is 34.7 Å². The standard InChI is InChI=1S/C24H20ClN5OS2/c1-28-12-11-18-19(13-28)33-22-20(18)21(31)29(17-5-3-2-4-6-17)23-26-27-24(30(22)23)32-14-15-7-9-16(25)10-8-15/h2-10H,11-14H2,1H3/p+1. The van der Waals surface area contributed by atoms with Crippen molar-refractivity contribution in [2.45, 2.75) is 23.9 Å². The molecule has 1 N–H and O–H groups in total. The molecule has 0 bridgehead atoms. The van der Waals surface area contributed by atoms with Gasteiger partial charge in [-0.05, 0) is 35.4 Å². The number of thiophene rings is 1. The van der Waals surface area contributed by atoms with Crippen LogP contribution < -0.4 is 10.5 Å². The van der Waals surface area contributed by atoms with Crippen molar-refractivity contribution in [3.63, 3.8) is 0 Å². The number of halogens is 1. The van der Waals surface area contributed by atoms with E-state index < -0.39 is 0 Å². The first-order valence-corrected chi connectivity index (χ1v) is 13.0. The third-order valence-electron chi connectivity index (χ3n) is 6.07. The second kappa shape index (κ2) is 8.29. The fraction of sp³-hybridized carbons (Fsp3) is 0.208. The fourth-order valence-electron chi connectivity index (χ4n) is 4.40. The van der Waals surface area contributed by atoms with Gasteiger partial charge in [0.1, 0.15) is 11.4 Å². The van der Waals surface area contributed by atoms with Crippen LogP contribution in [-0.2, 0) is 18.7 Å². The summed E-state index contributed by atoms with van der Waals surface area (Å²) in [5.41, 5.74) is 3.14. The maximum atomic E-state index is 13.8. The number of thioether (sulfide) groups is 1. The molecule has 9 heteroatoms. The summed E-state index contributed by atoms with van der Waals surface area (Å²) in [6, 6.07) is 17.6. The lowest BCUT2D eigenvalue weighted by atomic mass is 10.1. The van der Waals surface area contributed by atoms with E-state index >= 15 is 0 Å². The van der Waals surface area contributed by atoms with Crippen molar-refractivity contribution >= 4 is 50.7 Å². The van der Waals surface area contributed by atoms with Gasteiger partial charge < -0.3 is 4.90 Å². The van der Waals surface area contributed by atoms with E-state index in [1.807, 2.05) is 54.6 Å². The molecule has 0 radical (unpaired) electrons. The molecule has 33 heavy (non-hydrogen) atoms. The van der Waals surface area contributed by atoms with Crippen LogP contribution in [0.5, 0.6) is 0 Å². The molecule has 1 unspecified atom stereocenters. The van der Waals surface area contributed by atoms with Crippen LogP contribution in [0.1, 0.15) is 16.0 Å². The monoisotopic (exact) mass is 494 g/mol. The fourth-order valence-corrected chi connectivity index (χ4v) is 6.93. The van der Waals surface area contributed by atoms with Gasteiger partial charge in [-0.1, -0.05) is 53.7 Å². The molecule has 4 heterocycles. The predicted molar refractivity (Wildman–Crippen MR) is 134 cm³/mol. The van der Waals surface area contributed by atoms with Crippen molar-refractivity contribution in [1.82, 2.24) is 19.2 Å². The highest BCUT2D eigenvalue weighted by Gasteiger charge is 2.28. The average Bonchev–Trinajstić information content (AvgIpc) is 3.40. The van der Waals surface area contributed by atoms with Crippen molar-refractivity contribution in [2.24, 2.45) is 0 Å². The molecule has 166 valence electrons. The number of fused-ring (bicyclic) bond motifs is 5. The van der Waals surface area contributed by atoms with Crippen LogP contribution in [0.15, 0.2) is 64.5 Å². The Labute approximate surface area is 203 Å². The summed E-state index contributed by atoms with van der Waals surface area (Å²) in [5.74, 6) is 1.29. The number of rotatable bonds is 4. The van der Waals surface area contributed by atoms with Crippen LogP contribution in [0.4, 0.5) is 0 Å². The van der Waals surface area contributed by atoms with Gasteiger partial charge in [0.05, 0.1) is 29.5 Å². The molecule has 1 atom stereocenters. The zero-order chi connectivity index (χ0) is 22.5. The molecule has 0 fully saturated rings. The number of quaternary nitrogens is 1. The molecule has 1 aliphatic heterocycles. The topological polar surface area (TPSA) is 56.6 Å². The van der Waals surface area contributed by atoms with Crippen LogP contribution in [0.25, 0.3) is 21.7 Å². The maximum absolute atomic E-state index is 13.8. The van der Waals surface area contributed by atoms with E-state index in [2.05, 4.69) is 21.6 Å². The minimum absolute atomic E-state index is 0.0117. The molecule has 0 saturated carbocycles. The Kier molecular flexibility index (Phi) is 5.25. The number of likely N-dealkylation sites (N-methyl/N-ethyl adjacent to an activating group) is 1. The Bertz CT molecular complexity index is 1540. The first-order valence-electron chi connectivity index (χ1n) is 10.8. The van der Waals surface area contributed by atoms with E-state index in [1.165, 1.54) is 15.3 Å². The molecule has 0 aliphatic carbocycles. The lowest BCUT2D eigenvalue weighted by Crippen LogP contribution is -3.08. The summed E-state index contributed by atoms with van der Waals surface area (Å²) in [4.78, 5) is 17.5. The van der Waals surface area contributed by atoms with E-state index in [4.69, 9.17) is 11.6 Å². The largest absolute Gasteiger partial charge is 0.333 e. The number of nitrogens with one attached hydrogen (secondary N) is 1. The molecule has 6 nitrogen and oxygen atoms in total. The molecule has 0 amide bonds. The van der Waals surface area contributed by atoms with Crippen molar-refractivity contribution in [3.05, 3.63) is 86.0 Å². The third kappa shape index (κ3) is 3.58. The SMILES string of the molecule is C[NH+]1CCc2c(sc3c2c(=O)n(-c2ccccc2)c2nnc(SCc4ccc(Cl)cc4)n32)C1. The Balaban J connectivity index is 1.58. The van der Waals surface area contributed by atoms with Gasteiger partial charge in [-0.2, -0.15) is 0 Å². The summed E-state index contributed by atoms with van der Waals surface area (Å²) in [7, 11) is 2.21. The van der Waals surface area contributed by atoms with Gasteiger partial charge in [-0.25, -0.2) is 8.97 Å². The van der Waals surface area contributed by atoms with Gasteiger partial charge in [-0.3, -0.25) is 4.79 Å². The first-order chi connectivity index (χ1) is 16.1. The molecule has 0 spiro atoms. The molecule has 0 saturated heterocycles. The highest BCUT2D eigenvalue weighted by atomic mass is 35.5. The van der Waals surface area contributed by atoms with Gasteiger partial charge >= 0.3 is 0 Å². The van der Waals surface area contributed by atoms with E-state index in [9.17, 15) is 4.79 Å². The first kappa shape index (κ1) is 20.9. The molecular weight excluding hydrogens is 474 g/mol. The van der Waals surface area contributed by atoms with E-state index in [-0.39, 0.29) is 5.56 Å². The van der Waals surface area contributed by atoms with Crippen LogP contribution in [0, 0.1) is 0 Å². The number of para-hydroxylation sites is 1. The lowest BCUT2D eigenvalue weighted by molar-refractivity contribution is -0.895.